The molecule has 1 N–H and O–H groups in total. The molecule has 0 radical (unpaired) electrons. The van der Waals surface area contributed by atoms with Crippen molar-refractivity contribution in [1.29, 1.82) is 0 Å². The van der Waals surface area contributed by atoms with Crippen LogP contribution in [0.15, 0.2) is 48.7 Å². The molecule has 0 unspecified atom stereocenters. The number of benzene rings is 1. The SMILES string of the molecule is COc1ccc(CN[C@@H]2C[C@H]2c2ccccc2)cn1. The first kappa shape index (κ1) is 12.2. The third-order valence-electron chi connectivity index (χ3n) is 3.59. The van der Waals surface area contributed by atoms with Crippen molar-refractivity contribution >= 4 is 0 Å². The number of methoxy groups -OCH3 is 1. The molecule has 0 bridgehead atoms. The molecule has 1 heterocycles. The first-order valence-corrected chi connectivity index (χ1v) is 6.64. The van der Waals surface area contributed by atoms with Gasteiger partial charge in [-0.2, -0.15) is 0 Å². The van der Waals surface area contributed by atoms with Gasteiger partial charge in [-0.25, -0.2) is 4.98 Å². The molecule has 1 saturated carbocycles. The van der Waals surface area contributed by atoms with Gasteiger partial charge in [0.1, 0.15) is 0 Å². The molecule has 1 aliphatic rings. The summed E-state index contributed by atoms with van der Waals surface area (Å²) in [5.74, 6) is 1.34. The summed E-state index contributed by atoms with van der Waals surface area (Å²) in [6.45, 7) is 0.866. The number of nitrogens with zero attached hydrogens (tertiary/aromatic N) is 1. The number of nitrogens with one attached hydrogen (secondary N) is 1. The molecule has 0 aliphatic heterocycles. The number of rotatable bonds is 5. The second-order valence-electron chi connectivity index (χ2n) is 4.95. The lowest BCUT2D eigenvalue weighted by Gasteiger charge is -2.05. The first-order valence-electron chi connectivity index (χ1n) is 6.64. The van der Waals surface area contributed by atoms with E-state index in [2.05, 4.69) is 46.7 Å². The van der Waals surface area contributed by atoms with E-state index in [1.165, 1.54) is 17.5 Å². The van der Waals surface area contributed by atoms with Crippen LogP contribution in [0.5, 0.6) is 5.88 Å². The summed E-state index contributed by atoms with van der Waals surface area (Å²) >= 11 is 0. The van der Waals surface area contributed by atoms with Crippen molar-refractivity contribution in [2.24, 2.45) is 0 Å². The van der Waals surface area contributed by atoms with Gasteiger partial charge in [0.2, 0.25) is 5.88 Å². The van der Waals surface area contributed by atoms with Gasteiger partial charge in [-0.1, -0.05) is 36.4 Å². The van der Waals surface area contributed by atoms with E-state index in [0.29, 0.717) is 17.8 Å². The Labute approximate surface area is 113 Å². The van der Waals surface area contributed by atoms with Crippen LogP contribution in [0.3, 0.4) is 0 Å². The molecule has 19 heavy (non-hydrogen) atoms. The van der Waals surface area contributed by atoms with Crippen LogP contribution in [0.1, 0.15) is 23.5 Å². The van der Waals surface area contributed by atoms with Crippen molar-refractivity contribution in [2.45, 2.75) is 24.9 Å². The Morgan fingerprint density at radius 3 is 2.74 bits per heavy atom. The average molecular weight is 254 g/mol. The third-order valence-corrected chi connectivity index (χ3v) is 3.59. The van der Waals surface area contributed by atoms with Crippen molar-refractivity contribution in [1.82, 2.24) is 10.3 Å². The van der Waals surface area contributed by atoms with E-state index >= 15 is 0 Å². The quantitative estimate of drug-likeness (QED) is 0.891. The standard InChI is InChI=1S/C16H18N2O/c1-19-16-8-7-12(11-18-16)10-17-15-9-14(15)13-5-3-2-4-6-13/h2-8,11,14-15,17H,9-10H2,1H3/t14-,15+/m0/s1. The van der Waals surface area contributed by atoms with Crippen molar-refractivity contribution in [3.63, 3.8) is 0 Å². The minimum atomic E-state index is 0.601. The fourth-order valence-electron chi connectivity index (χ4n) is 2.37. The van der Waals surface area contributed by atoms with Gasteiger partial charge in [0, 0.05) is 30.8 Å². The van der Waals surface area contributed by atoms with Gasteiger partial charge in [0.15, 0.2) is 0 Å². The molecule has 3 rings (SSSR count). The lowest BCUT2D eigenvalue weighted by atomic mass is 10.1. The largest absolute Gasteiger partial charge is 0.481 e. The monoisotopic (exact) mass is 254 g/mol. The van der Waals surface area contributed by atoms with Crippen LogP contribution in [0, 0.1) is 0 Å². The van der Waals surface area contributed by atoms with Crippen molar-refractivity contribution in [2.75, 3.05) is 7.11 Å². The minimum Gasteiger partial charge on any atom is -0.481 e. The van der Waals surface area contributed by atoms with Gasteiger partial charge < -0.3 is 10.1 Å². The molecule has 0 amide bonds. The number of hydrogen-bond acceptors (Lipinski definition) is 3. The van der Waals surface area contributed by atoms with E-state index in [9.17, 15) is 0 Å². The summed E-state index contributed by atoms with van der Waals surface area (Å²) in [6.07, 6.45) is 3.10. The van der Waals surface area contributed by atoms with Gasteiger partial charge in [-0.05, 0) is 17.5 Å². The summed E-state index contributed by atoms with van der Waals surface area (Å²) in [6, 6.07) is 15.3. The summed E-state index contributed by atoms with van der Waals surface area (Å²) in [7, 11) is 1.63. The fourth-order valence-corrected chi connectivity index (χ4v) is 2.37. The zero-order chi connectivity index (χ0) is 13.1. The Bertz CT molecular complexity index is 524. The lowest BCUT2D eigenvalue weighted by molar-refractivity contribution is 0.397. The van der Waals surface area contributed by atoms with Crippen molar-refractivity contribution < 1.29 is 4.74 Å². The number of aromatic nitrogens is 1. The molecule has 1 aromatic heterocycles. The molecule has 1 fully saturated rings. The molecule has 2 aromatic rings. The van der Waals surface area contributed by atoms with Gasteiger partial charge in [0.25, 0.3) is 0 Å². The van der Waals surface area contributed by atoms with Crippen LogP contribution >= 0.6 is 0 Å². The Morgan fingerprint density at radius 1 is 1.21 bits per heavy atom. The minimum absolute atomic E-state index is 0.601. The van der Waals surface area contributed by atoms with Gasteiger partial charge in [-0.3, -0.25) is 0 Å². The predicted molar refractivity (Wildman–Crippen MR) is 75.2 cm³/mol. The van der Waals surface area contributed by atoms with E-state index in [1.807, 2.05) is 12.3 Å². The van der Waals surface area contributed by atoms with E-state index in [0.717, 1.165) is 6.54 Å². The summed E-state index contributed by atoms with van der Waals surface area (Å²) in [5, 5.41) is 3.58. The third kappa shape index (κ3) is 2.93. The Balaban J connectivity index is 1.51. The molecular formula is C16H18N2O. The zero-order valence-electron chi connectivity index (χ0n) is 11.0. The molecule has 1 aliphatic carbocycles. The van der Waals surface area contributed by atoms with Crippen molar-refractivity contribution in [3.05, 3.63) is 59.8 Å². The molecule has 98 valence electrons. The summed E-state index contributed by atoms with van der Waals surface area (Å²) in [5.41, 5.74) is 2.63. The van der Waals surface area contributed by atoms with Crippen LogP contribution in [0.2, 0.25) is 0 Å². The highest BCUT2D eigenvalue weighted by atomic mass is 16.5. The Morgan fingerprint density at radius 2 is 2.05 bits per heavy atom. The van der Waals surface area contributed by atoms with Gasteiger partial charge in [0.05, 0.1) is 7.11 Å². The molecule has 3 heteroatoms. The van der Waals surface area contributed by atoms with Crippen LogP contribution in [-0.2, 0) is 6.54 Å². The van der Waals surface area contributed by atoms with Crippen LogP contribution in [0.4, 0.5) is 0 Å². The molecule has 1 aromatic carbocycles. The lowest BCUT2D eigenvalue weighted by Crippen LogP contribution is -2.17. The van der Waals surface area contributed by atoms with E-state index in [1.54, 1.807) is 7.11 Å². The Kier molecular flexibility index (Phi) is 3.47. The molecule has 2 atom stereocenters. The van der Waals surface area contributed by atoms with E-state index in [-0.39, 0.29) is 0 Å². The summed E-state index contributed by atoms with van der Waals surface area (Å²) in [4.78, 5) is 4.21. The van der Waals surface area contributed by atoms with E-state index in [4.69, 9.17) is 4.74 Å². The highest BCUT2D eigenvalue weighted by molar-refractivity contribution is 5.28. The smallest absolute Gasteiger partial charge is 0.212 e. The average Bonchev–Trinajstić information content (AvgIpc) is 3.26. The second kappa shape index (κ2) is 5.41. The summed E-state index contributed by atoms with van der Waals surface area (Å²) < 4.78 is 5.05. The number of hydrogen-bond donors (Lipinski definition) is 1. The highest BCUT2D eigenvalue weighted by Crippen LogP contribution is 2.40. The predicted octanol–water partition coefficient (Wildman–Crippen LogP) is 2.74. The highest BCUT2D eigenvalue weighted by Gasteiger charge is 2.37. The molecule has 3 nitrogen and oxygen atoms in total. The maximum absolute atomic E-state index is 5.05. The zero-order valence-corrected chi connectivity index (χ0v) is 11.0. The molecule has 0 spiro atoms. The van der Waals surface area contributed by atoms with E-state index < -0.39 is 0 Å². The van der Waals surface area contributed by atoms with Gasteiger partial charge >= 0.3 is 0 Å². The number of pyridine rings is 1. The normalized spacial score (nSPS) is 21.1. The molecular weight excluding hydrogens is 236 g/mol. The van der Waals surface area contributed by atoms with Crippen molar-refractivity contribution in [3.8, 4) is 5.88 Å². The number of ether oxygens (including phenoxy) is 1. The Hall–Kier alpha value is -1.87. The topological polar surface area (TPSA) is 34.1 Å². The molecule has 0 saturated heterocycles. The maximum atomic E-state index is 5.05. The maximum Gasteiger partial charge on any atom is 0.212 e. The van der Waals surface area contributed by atoms with Gasteiger partial charge in [-0.15, -0.1) is 0 Å². The fraction of sp³-hybridized carbons (Fsp3) is 0.312. The second-order valence-corrected chi connectivity index (χ2v) is 4.95. The van der Waals surface area contributed by atoms with Crippen LogP contribution in [0.25, 0.3) is 0 Å². The van der Waals surface area contributed by atoms with Crippen LogP contribution in [-0.4, -0.2) is 18.1 Å². The first-order chi connectivity index (χ1) is 9.36. The van der Waals surface area contributed by atoms with Crippen LogP contribution < -0.4 is 10.1 Å².